The summed E-state index contributed by atoms with van der Waals surface area (Å²) in [6, 6.07) is 6.07. The molecule has 1 aromatic heterocycles. The highest BCUT2D eigenvalue weighted by Gasteiger charge is 2.37. The Morgan fingerprint density at radius 2 is 1.60 bits per heavy atom. The fourth-order valence-electron chi connectivity index (χ4n) is 1.62. The third-order valence-electron chi connectivity index (χ3n) is 3.74. The van der Waals surface area contributed by atoms with Gasteiger partial charge >= 0.3 is 0 Å². The monoisotopic (exact) mass is 206 g/mol. The average Bonchev–Trinajstić information content (AvgIpc) is 2.04. The van der Waals surface area contributed by atoms with Crippen molar-refractivity contribution in [3.05, 3.63) is 23.8 Å². The van der Waals surface area contributed by atoms with Crippen LogP contribution in [0.5, 0.6) is 0 Å². The molecule has 0 aliphatic heterocycles. The number of hydrogen-bond donors (Lipinski definition) is 0. The molecule has 0 N–H and O–H groups in total. The van der Waals surface area contributed by atoms with Crippen LogP contribution in [0.4, 0.5) is 0 Å². The van der Waals surface area contributed by atoms with Crippen molar-refractivity contribution in [2.24, 2.45) is 5.41 Å². The molecule has 2 heteroatoms. The van der Waals surface area contributed by atoms with E-state index in [1.54, 1.807) is 0 Å². The smallest absolute Gasteiger partial charge is 0.229 e. The molecule has 1 heterocycles. The lowest BCUT2D eigenvalue weighted by Crippen LogP contribution is -2.34. The van der Waals surface area contributed by atoms with E-state index in [0.29, 0.717) is 0 Å². The SMILES string of the molecule is CC(C)(C)C(C)(C)c1cccc2ooc12. The molecule has 0 aliphatic rings. The summed E-state index contributed by atoms with van der Waals surface area (Å²) in [6.07, 6.45) is 0. The van der Waals surface area contributed by atoms with Gasteiger partial charge in [-0.3, -0.25) is 9.15 Å². The zero-order chi connectivity index (χ0) is 11.3. The van der Waals surface area contributed by atoms with Crippen LogP contribution in [0.25, 0.3) is 11.2 Å². The topological polar surface area (TPSA) is 26.3 Å². The summed E-state index contributed by atoms with van der Waals surface area (Å²) < 4.78 is 10.0. The Balaban J connectivity index is 2.58. The molecule has 0 spiro atoms. The maximum Gasteiger partial charge on any atom is 0.229 e. The molecular formula is C13H18O2. The number of para-hydroxylation sites is 1. The van der Waals surface area contributed by atoms with E-state index in [-0.39, 0.29) is 10.8 Å². The summed E-state index contributed by atoms with van der Waals surface area (Å²) >= 11 is 0. The molecular weight excluding hydrogens is 188 g/mol. The number of fused-ring (bicyclic) bond motifs is 1. The second-order valence-corrected chi connectivity index (χ2v) is 5.67. The fraction of sp³-hybridized carbons (Fsp3) is 0.538. The quantitative estimate of drug-likeness (QED) is 0.648. The summed E-state index contributed by atoms with van der Waals surface area (Å²) in [4.78, 5) is 0. The predicted molar refractivity (Wildman–Crippen MR) is 61.0 cm³/mol. The van der Waals surface area contributed by atoms with Crippen LogP contribution in [0.15, 0.2) is 27.4 Å². The molecule has 0 saturated carbocycles. The van der Waals surface area contributed by atoms with Crippen molar-refractivity contribution in [2.45, 2.75) is 40.0 Å². The zero-order valence-corrected chi connectivity index (χ0v) is 10.0. The Morgan fingerprint density at radius 1 is 0.933 bits per heavy atom. The second-order valence-electron chi connectivity index (χ2n) is 5.67. The molecule has 0 fully saturated rings. The van der Waals surface area contributed by atoms with Crippen LogP contribution in [0.2, 0.25) is 0 Å². The van der Waals surface area contributed by atoms with Gasteiger partial charge < -0.3 is 0 Å². The minimum Gasteiger partial charge on any atom is -0.286 e. The molecule has 1 aromatic carbocycles. The van der Waals surface area contributed by atoms with Crippen LogP contribution in [0.1, 0.15) is 40.2 Å². The first kappa shape index (κ1) is 10.3. The first-order chi connectivity index (χ1) is 6.84. The van der Waals surface area contributed by atoms with Crippen LogP contribution in [-0.4, -0.2) is 0 Å². The molecule has 0 radical (unpaired) electrons. The third-order valence-corrected chi connectivity index (χ3v) is 3.74. The van der Waals surface area contributed by atoms with E-state index in [2.05, 4.69) is 40.7 Å². The van der Waals surface area contributed by atoms with E-state index in [4.69, 9.17) is 9.15 Å². The van der Waals surface area contributed by atoms with Crippen molar-refractivity contribution in [1.82, 2.24) is 0 Å². The molecule has 0 saturated heterocycles. The van der Waals surface area contributed by atoms with E-state index in [0.717, 1.165) is 11.2 Å². The van der Waals surface area contributed by atoms with Gasteiger partial charge in [-0.05, 0) is 16.9 Å². The lowest BCUT2D eigenvalue weighted by molar-refractivity contribution is 0.0555. The fourth-order valence-corrected chi connectivity index (χ4v) is 1.62. The van der Waals surface area contributed by atoms with E-state index >= 15 is 0 Å². The third kappa shape index (κ3) is 1.39. The largest absolute Gasteiger partial charge is 0.286 e. The van der Waals surface area contributed by atoms with Crippen molar-refractivity contribution < 1.29 is 9.15 Å². The first-order valence-corrected chi connectivity index (χ1v) is 5.32. The number of rotatable bonds is 1. The second kappa shape index (κ2) is 2.91. The summed E-state index contributed by atoms with van der Waals surface area (Å²) in [6.45, 7) is 11.2. The highest BCUT2D eigenvalue weighted by molar-refractivity contribution is 5.76. The molecule has 0 unspecified atom stereocenters. The Labute approximate surface area is 90.2 Å². The Hall–Kier alpha value is -1.18. The van der Waals surface area contributed by atoms with Gasteiger partial charge in [0.1, 0.15) is 0 Å². The Bertz CT molecular complexity index is 466. The molecule has 0 bridgehead atoms. The average molecular weight is 206 g/mol. The molecule has 2 rings (SSSR count). The summed E-state index contributed by atoms with van der Waals surface area (Å²) in [5.41, 5.74) is 3.21. The summed E-state index contributed by atoms with van der Waals surface area (Å²) in [5, 5.41) is 0. The van der Waals surface area contributed by atoms with Gasteiger partial charge in [0.25, 0.3) is 0 Å². The maximum atomic E-state index is 5.09. The minimum atomic E-state index is 0.0577. The van der Waals surface area contributed by atoms with Crippen LogP contribution in [0.3, 0.4) is 0 Å². The van der Waals surface area contributed by atoms with Crippen molar-refractivity contribution in [2.75, 3.05) is 0 Å². The lowest BCUT2D eigenvalue weighted by atomic mass is 9.65. The van der Waals surface area contributed by atoms with Gasteiger partial charge in [-0.1, -0.05) is 46.8 Å². The van der Waals surface area contributed by atoms with Crippen molar-refractivity contribution in [1.29, 1.82) is 0 Å². The standard InChI is InChI=1S/C13H18O2/c1-12(2,3)13(4,5)9-7-6-8-10-11(9)15-14-10/h6-8H,1-5H3. The van der Waals surface area contributed by atoms with Crippen LogP contribution in [0, 0.1) is 5.41 Å². The molecule has 82 valence electrons. The Kier molecular flexibility index (Phi) is 2.00. The first-order valence-electron chi connectivity index (χ1n) is 5.32. The summed E-state index contributed by atoms with van der Waals surface area (Å²) in [7, 11) is 0. The van der Waals surface area contributed by atoms with Gasteiger partial charge in [0.2, 0.25) is 11.2 Å². The van der Waals surface area contributed by atoms with E-state index < -0.39 is 0 Å². The van der Waals surface area contributed by atoms with Crippen LogP contribution >= 0.6 is 0 Å². The van der Waals surface area contributed by atoms with E-state index in [1.165, 1.54) is 5.56 Å². The molecule has 0 aliphatic carbocycles. The number of benzene rings is 1. The van der Waals surface area contributed by atoms with Crippen LogP contribution < -0.4 is 0 Å². The van der Waals surface area contributed by atoms with Crippen molar-refractivity contribution in [3.8, 4) is 0 Å². The Morgan fingerprint density at radius 3 is 2.07 bits per heavy atom. The molecule has 2 aromatic rings. The van der Waals surface area contributed by atoms with E-state index in [9.17, 15) is 0 Å². The van der Waals surface area contributed by atoms with Crippen molar-refractivity contribution in [3.63, 3.8) is 0 Å². The lowest BCUT2D eigenvalue weighted by Gasteiger charge is -2.39. The van der Waals surface area contributed by atoms with Gasteiger partial charge in [-0.25, -0.2) is 0 Å². The maximum absolute atomic E-state index is 5.09. The highest BCUT2D eigenvalue weighted by atomic mass is 17.0. The minimum absolute atomic E-state index is 0.0577. The van der Waals surface area contributed by atoms with Crippen molar-refractivity contribution >= 4 is 11.2 Å². The summed E-state index contributed by atoms with van der Waals surface area (Å²) in [5.74, 6) is 0. The van der Waals surface area contributed by atoms with Crippen LogP contribution in [-0.2, 0) is 5.41 Å². The van der Waals surface area contributed by atoms with Gasteiger partial charge in [-0.15, -0.1) is 0 Å². The van der Waals surface area contributed by atoms with Gasteiger partial charge in [0.05, 0.1) is 0 Å². The molecule has 15 heavy (non-hydrogen) atoms. The molecule has 2 nitrogen and oxygen atoms in total. The van der Waals surface area contributed by atoms with Gasteiger partial charge in [0, 0.05) is 5.56 Å². The van der Waals surface area contributed by atoms with Gasteiger partial charge in [0.15, 0.2) is 0 Å². The number of hydrogen-bond acceptors (Lipinski definition) is 2. The normalized spacial score (nSPS) is 13.7. The molecule has 0 atom stereocenters. The highest BCUT2D eigenvalue weighted by Crippen LogP contribution is 2.44. The zero-order valence-electron chi connectivity index (χ0n) is 10.0. The van der Waals surface area contributed by atoms with Gasteiger partial charge in [-0.2, -0.15) is 0 Å². The molecule has 0 amide bonds. The predicted octanol–water partition coefficient (Wildman–Crippen LogP) is 4.35. The van der Waals surface area contributed by atoms with E-state index in [1.807, 2.05) is 12.1 Å².